The molecule has 0 spiro atoms. The van der Waals surface area contributed by atoms with Crippen molar-refractivity contribution in [1.82, 2.24) is 9.97 Å². The predicted octanol–water partition coefficient (Wildman–Crippen LogP) is 4.35. The second-order valence-corrected chi connectivity index (χ2v) is 5.87. The fraction of sp³-hybridized carbons (Fsp3) is 0.733. The van der Waals surface area contributed by atoms with E-state index >= 15 is 0 Å². The average Bonchev–Trinajstić information content (AvgIpc) is 2.40. The van der Waals surface area contributed by atoms with Crippen LogP contribution in [0.1, 0.15) is 62.9 Å². The summed E-state index contributed by atoms with van der Waals surface area (Å²) in [5.74, 6) is 2.29. The number of hydrogen-bond donors (Lipinski definition) is 0. The molecular weight excluding hydrogens is 260 g/mol. The van der Waals surface area contributed by atoms with Gasteiger partial charge in [-0.1, -0.05) is 31.4 Å². The number of aromatic nitrogens is 2. The first-order valence-corrected chi connectivity index (χ1v) is 7.63. The smallest absolute Gasteiger partial charge is 0.133 e. The zero-order valence-electron chi connectivity index (χ0n) is 11.9. The molecule has 1 fully saturated rings. The van der Waals surface area contributed by atoms with Crippen LogP contribution < -0.4 is 0 Å². The van der Waals surface area contributed by atoms with Gasteiger partial charge in [-0.15, -0.1) is 0 Å². The highest BCUT2D eigenvalue weighted by Crippen LogP contribution is 2.36. The number of methoxy groups -OCH3 is 1. The summed E-state index contributed by atoms with van der Waals surface area (Å²) >= 11 is 6.08. The van der Waals surface area contributed by atoms with Crippen molar-refractivity contribution < 1.29 is 4.74 Å². The van der Waals surface area contributed by atoms with Crippen molar-refractivity contribution in [2.75, 3.05) is 7.11 Å². The third kappa shape index (κ3) is 4.15. The van der Waals surface area contributed by atoms with Crippen LogP contribution in [0.25, 0.3) is 0 Å². The molecule has 106 valence electrons. The zero-order chi connectivity index (χ0) is 13.7. The monoisotopic (exact) mass is 282 g/mol. The number of rotatable bonds is 5. The first-order valence-electron chi connectivity index (χ1n) is 7.25. The molecule has 19 heavy (non-hydrogen) atoms. The first-order chi connectivity index (χ1) is 9.22. The van der Waals surface area contributed by atoms with Crippen LogP contribution in [0.5, 0.6) is 0 Å². The second-order valence-electron chi connectivity index (χ2n) is 5.48. The molecule has 1 heterocycles. The normalized spacial score (nSPS) is 23.5. The van der Waals surface area contributed by atoms with Crippen LogP contribution in [0.15, 0.2) is 6.07 Å². The fourth-order valence-electron chi connectivity index (χ4n) is 3.01. The molecule has 0 N–H and O–H groups in total. The van der Waals surface area contributed by atoms with E-state index in [0.717, 1.165) is 17.4 Å². The van der Waals surface area contributed by atoms with Gasteiger partial charge >= 0.3 is 0 Å². The van der Waals surface area contributed by atoms with E-state index in [-0.39, 0.29) is 0 Å². The summed E-state index contributed by atoms with van der Waals surface area (Å²) in [5, 5.41) is 0.535. The Hall–Kier alpha value is -0.670. The maximum atomic E-state index is 6.08. The molecule has 2 rings (SSSR count). The molecular formula is C15H23ClN2O. The van der Waals surface area contributed by atoms with Crippen LogP contribution in [0.3, 0.4) is 0 Å². The molecule has 0 atom stereocenters. The van der Waals surface area contributed by atoms with Gasteiger partial charge in [-0.25, -0.2) is 9.97 Å². The van der Waals surface area contributed by atoms with Gasteiger partial charge in [-0.2, -0.15) is 0 Å². The van der Waals surface area contributed by atoms with Gasteiger partial charge in [0.25, 0.3) is 0 Å². The fourth-order valence-corrected chi connectivity index (χ4v) is 3.22. The Kier molecular flexibility index (Phi) is 5.59. The Labute approximate surface area is 120 Å². The Bertz CT molecular complexity index is 403. The van der Waals surface area contributed by atoms with Gasteiger partial charge in [0, 0.05) is 13.0 Å². The van der Waals surface area contributed by atoms with Gasteiger partial charge in [0.2, 0.25) is 0 Å². The van der Waals surface area contributed by atoms with E-state index in [1.165, 1.54) is 38.5 Å². The summed E-state index contributed by atoms with van der Waals surface area (Å²) in [7, 11) is 1.67. The standard InChI is InChI=1S/C15H23ClN2O/c1-3-4-11-5-7-12(8-6-11)15-17-13(10-19-2)9-14(16)18-15/h9,11-12H,3-8,10H2,1-2H3. The Morgan fingerprint density at radius 3 is 2.63 bits per heavy atom. The Morgan fingerprint density at radius 1 is 1.26 bits per heavy atom. The molecule has 4 heteroatoms. The van der Waals surface area contributed by atoms with E-state index in [1.54, 1.807) is 13.2 Å². The van der Waals surface area contributed by atoms with Crippen molar-refractivity contribution in [1.29, 1.82) is 0 Å². The maximum Gasteiger partial charge on any atom is 0.133 e. The molecule has 3 nitrogen and oxygen atoms in total. The lowest BCUT2D eigenvalue weighted by molar-refractivity contribution is 0.181. The lowest BCUT2D eigenvalue weighted by Crippen LogP contribution is -2.16. The van der Waals surface area contributed by atoms with Crippen molar-refractivity contribution in [2.45, 2.75) is 58.0 Å². The van der Waals surface area contributed by atoms with Crippen LogP contribution in [0.4, 0.5) is 0 Å². The molecule has 0 amide bonds. The van der Waals surface area contributed by atoms with Crippen LogP contribution in [0, 0.1) is 5.92 Å². The third-order valence-corrected chi connectivity index (χ3v) is 4.16. The second kappa shape index (κ2) is 7.20. The number of nitrogens with zero attached hydrogens (tertiary/aromatic N) is 2. The molecule has 0 unspecified atom stereocenters. The topological polar surface area (TPSA) is 35.0 Å². The predicted molar refractivity (Wildman–Crippen MR) is 77.4 cm³/mol. The number of halogens is 1. The van der Waals surface area contributed by atoms with Crippen molar-refractivity contribution >= 4 is 11.6 Å². The van der Waals surface area contributed by atoms with E-state index in [9.17, 15) is 0 Å². The quantitative estimate of drug-likeness (QED) is 0.753. The average molecular weight is 283 g/mol. The summed E-state index contributed by atoms with van der Waals surface area (Å²) in [6, 6.07) is 1.79. The van der Waals surface area contributed by atoms with Gasteiger partial charge in [-0.3, -0.25) is 0 Å². The van der Waals surface area contributed by atoms with Gasteiger partial charge in [0.1, 0.15) is 11.0 Å². The van der Waals surface area contributed by atoms with Gasteiger partial charge in [0.05, 0.1) is 12.3 Å². The molecule has 1 saturated carbocycles. The Balaban J connectivity index is 2.02. The van der Waals surface area contributed by atoms with Crippen LogP contribution in [-0.2, 0) is 11.3 Å². The summed E-state index contributed by atoms with van der Waals surface area (Å²) in [5.41, 5.74) is 0.883. The highest BCUT2D eigenvalue weighted by molar-refractivity contribution is 6.29. The molecule has 1 aromatic heterocycles. The summed E-state index contributed by atoms with van der Waals surface area (Å²) in [6.45, 7) is 2.77. The third-order valence-electron chi connectivity index (χ3n) is 3.97. The highest BCUT2D eigenvalue weighted by Gasteiger charge is 2.24. The lowest BCUT2D eigenvalue weighted by atomic mass is 9.80. The van der Waals surface area contributed by atoms with E-state index in [0.29, 0.717) is 17.7 Å². The van der Waals surface area contributed by atoms with Crippen LogP contribution in [0.2, 0.25) is 5.15 Å². The van der Waals surface area contributed by atoms with Crippen molar-refractivity contribution in [3.05, 3.63) is 22.7 Å². The van der Waals surface area contributed by atoms with Gasteiger partial charge in [0.15, 0.2) is 0 Å². The first kappa shape index (κ1) is 14.7. The van der Waals surface area contributed by atoms with E-state index in [2.05, 4.69) is 16.9 Å². The molecule has 0 radical (unpaired) electrons. The lowest BCUT2D eigenvalue weighted by Gasteiger charge is -2.27. The number of ether oxygens (including phenoxy) is 1. The van der Waals surface area contributed by atoms with Crippen molar-refractivity contribution in [2.24, 2.45) is 5.92 Å². The Morgan fingerprint density at radius 2 is 2.00 bits per heavy atom. The number of hydrogen-bond acceptors (Lipinski definition) is 3. The van der Waals surface area contributed by atoms with E-state index in [1.807, 2.05) is 0 Å². The summed E-state index contributed by atoms with van der Waals surface area (Å²) in [4.78, 5) is 9.01. The molecule has 0 bridgehead atoms. The van der Waals surface area contributed by atoms with E-state index in [4.69, 9.17) is 16.3 Å². The molecule has 1 aromatic rings. The van der Waals surface area contributed by atoms with Crippen LogP contribution >= 0.6 is 11.6 Å². The highest BCUT2D eigenvalue weighted by atomic mass is 35.5. The SMILES string of the molecule is CCCC1CCC(c2nc(Cl)cc(COC)n2)CC1. The molecule has 0 aromatic carbocycles. The maximum absolute atomic E-state index is 6.08. The minimum absolute atomic E-state index is 0.474. The molecule has 1 aliphatic rings. The van der Waals surface area contributed by atoms with Crippen LogP contribution in [-0.4, -0.2) is 17.1 Å². The molecule has 0 saturated heterocycles. The molecule has 0 aliphatic heterocycles. The van der Waals surface area contributed by atoms with E-state index < -0.39 is 0 Å². The van der Waals surface area contributed by atoms with Crippen molar-refractivity contribution in [3.8, 4) is 0 Å². The van der Waals surface area contributed by atoms with Gasteiger partial charge in [-0.05, 0) is 37.7 Å². The zero-order valence-corrected chi connectivity index (χ0v) is 12.6. The summed E-state index contributed by atoms with van der Waals surface area (Å²) < 4.78 is 5.13. The minimum atomic E-state index is 0.474. The van der Waals surface area contributed by atoms with Gasteiger partial charge < -0.3 is 4.74 Å². The van der Waals surface area contributed by atoms with Crippen molar-refractivity contribution in [3.63, 3.8) is 0 Å². The largest absolute Gasteiger partial charge is 0.378 e. The summed E-state index contributed by atoms with van der Waals surface area (Å²) in [6.07, 6.45) is 7.63. The molecule has 1 aliphatic carbocycles. The minimum Gasteiger partial charge on any atom is -0.378 e.